The van der Waals surface area contributed by atoms with Gasteiger partial charge < -0.3 is 15.7 Å². The highest BCUT2D eigenvalue weighted by atomic mass is 79.9. The molecule has 0 bridgehead atoms. The number of carbonyl (C=O) groups excluding carboxylic acids is 1. The average molecular weight is 341 g/mol. The standard InChI is InChI=1S/C13H13BrN2O2S/c1-16(6-8-4-12(14)19-7-8)13(18)9-2-3-10(15)11(17)5-9/h2-5,7,17H,6,15H2,1H3. The van der Waals surface area contributed by atoms with Gasteiger partial charge in [-0.3, -0.25) is 4.79 Å². The number of rotatable bonds is 3. The van der Waals surface area contributed by atoms with Crippen LogP contribution in [0.3, 0.4) is 0 Å². The van der Waals surface area contributed by atoms with E-state index < -0.39 is 0 Å². The minimum Gasteiger partial charge on any atom is -0.506 e. The molecule has 0 aliphatic rings. The molecule has 0 aliphatic carbocycles. The quantitative estimate of drug-likeness (QED) is 0.666. The van der Waals surface area contributed by atoms with Crippen LogP contribution in [0.15, 0.2) is 33.4 Å². The molecule has 0 atom stereocenters. The molecule has 0 unspecified atom stereocenters. The lowest BCUT2D eigenvalue weighted by molar-refractivity contribution is 0.0785. The van der Waals surface area contributed by atoms with Crippen LogP contribution in [0.4, 0.5) is 5.69 Å². The predicted molar refractivity (Wildman–Crippen MR) is 80.3 cm³/mol. The second-order valence-electron chi connectivity index (χ2n) is 4.19. The summed E-state index contributed by atoms with van der Waals surface area (Å²) in [5.41, 5.74) is 7.26. The second-order valence-corrected chi connectivity index (χ2v) is 6.48. The Morgan fingerprint density at radius 1 is 1.47 bits per heavy atom. The summed E-state index contributed by atoms with van der Waals surface area (Å²) in [6.45, 7) is 0.520. The van der Waals surface area contributed by atoms with Crippen LogP contribution in [0.5, 0.6) is 5.75 Å². The number of nitrogens with zero attached hydrogens (tertiary/aromatic N) is 1. The number of amides is 1. The van der Waals surface area contributed by atoms with Gasteiger partial charge in [0.2, 0.25) is 0 Å². The van der Waals surface area contributed by atoms with Crippen molar-refractivity contribution in [3.05, 3.63) is 44.6 Å². The molecule has 0 saturated carbocycles. The zero-order chi connectivity index (χ0) is 14.0. The Hall–Kier alpha value is -1.53. The molecule has 0 aliphatic heterocycles. The number of aromatic hydroxyl groups is 1. The molecule has 6 heteroatoms. The highest BCUT2D eigenvalue weighted by Gasteiger charge is 2.14. The fraction of sp³-hybridized carbons (Fsp3) is 0.154. The van der Waals surface area contributed by atoms with Crippen LogP contribution in [0.2, 0.25) is 0 Å². The molecule has 1 aromatic carbocycles. The topological polar surface area (TPSA) is 66.6 Å². The van der Waals surface area contributed by atoms with Crippen molar-refractivity contribution in [1.29, 1.82) is 0 Å². The van der Waals surface area contributed by atoms with E-state index in [-0.39, 0.29) is 17.3 Å². The first-order chi connectivity index (χ1) is 8.97. The third-order valence-electron chi connectivity index (χ3n) is 2.67. The first-order valence-electron chi connectivity index (χ1n) is 5.54. The van der Waals surface area contributed by atoms with Gasteiger partial charge in [0.05, 0.1) is 9.47 Å². The van der Waals surface area contributed by atoms with Gasteiger partial charge in [-0.1, -0.05) is 0 Å². The Morgan fingerprint density at radius 2 is 2.21 bits per heavy atom. The minimum absolute atomic E-state index is 0.0717. The zero-order valence-corrected chi connectivity index (χ0v) is 12.7. The Balaban J connectivity index is 2.12. The van der Waals surface area contributed by atoms with E-state index in [1.807, 2.05) is 11.4 Å². The predicted octanol–water partition coefficient (Wildman–Crippen LogP) is 3.07. The Bertz CT molecular complexity index is 612. The number of hydrogen-bond donors (Lipinski definition) is 2. The van der Waals surface area contributed by atoms with Crippen molar-refractivity contribution in [2.24, 2.45) is 0 Å². The van der Waals surface area contributed by atoms with Crippen LogP contribution in [0.1, 0.15) is 15.9 Å². The number of nitrogens with two attached hydrogens (primary N) is 1. The van der Waals surface area contributed by atoms with Gasteiger partial charge in [-0.15, -0.1) is 11.3 Å². The van der Waals surface area contributed by atoms with Crippen molar-refractivity contribution < 1.29 is 9.90 Å². The number of thiophene rings is 1. The lowest BCUT2D eigenvalue weighted by atomic mass is 10.1. The average Bonchev–Trinajstić information content (AvgIpc) is 2.77. The normalized spacial score (nSPS) is 10.4. The maximum atomic E-state index is 12.2. The fourth-order valence-corrected chi connectivity index (χ4v) is 2.87. The van der Waals surface area contributed by atoms with E-state index in [2.05, 4.69) is 15.9 Å². The fourth-order valence-electron chi connectivity index (χ4n) is 1.67. The van der Waals surface area contributed by atoms with Gasteiger partial charge in [0, 0.05) is 19.2 Å². The number of carbonyl (C=O) groups is 1. The molecule has 1 amide bonds. The highest BCUT2D eigenvalue weighted by Crippen LogP contribution is 2.23. The Morgan fingerprint density at radius 3 is 2.79 bits per heavy atom. The number of nitrogen functional groups attached to an aromatic ring is 1. The molecule has 1 aromatic heterocycles. The molecule has 2 aromatic rings. The third kappa shape index (κ3) is 3.27. The molecule has 100 valence electrons. The van der Waals surface area contributed by atoms with Crippen LogP contribution in [0, 0.1) is 0 Å². The summed E-state index contributed by atoms with van der Waals surface area (Å²) in [4.78, 5) is 13.8. The maximum Gasteiger partial charge on any atom is 0.254 e. The maximum absolute atomic E-state index is 12.2. The summed E-state index contributed by atoms with van der Waals surface area (Å²) in [7, 11) is 1.72. The second kappa shape index (κ2) is 5.63. The van der Waals surface area contributed by atoms with Crippen LogP contribution in [-0.2, 0) is 6.54 Å². The highest BCUT2D eigenvalue weighted by molar-refractivity contribution is 9.11. The summed E-state index contributed by atoms with van der Waals surface area (Å²) >= 11 is 4.97. The molecular weight excluding hydrogens is 328 g/mol. The van der Waals surface area contributed by atoms with Gasteiger partial charge in [-0.25, -0.2) is 0 Å². The van der Waals surface area contributed by atoms with Crippen molar-refractivity contribution in [1.82, 2.24) is 4.90 Å². The van der Waals surface area contributed by atoms with E-state index in [0.29, 0.717) is 12.1 Å². The van der Waals surface area contributed by atoms with Gasteiger partial charge >= 0.3 is 0 Å². The summed E-state index contributed by atoms with van der Waals surface area (Å²) in [6.07, 6.45) is 0. The third-order valence-corrected chi connectivity index (χ3v) is 4.22. The van der Waals surface area contributed by atoms with Crippen molar-refractivity contribution >= 4 is 38.9 Å². The van der Waals surface area contributed by atoms with E-state index in [1.165, 1.54) is 12.1 Å². The summed E-state index contributed by atoms with van der Waals surface area (Å²) in [5, 5.41) is 11.5. The minimum atomic E-state index is -0.155. The van der Waals surface area contributed by atoms with E-state index in [1.54, 1.807) is 29.4 Å². The van der Waals surface area contributed by atoms with Gasteiger partial charge in [0.25, 0.3) is 5.91 Å². The van der Waals surface area contributed by atoms with Crippen molar-refractivity contribution in [2.45, 2.75) is 6.54 Å². The van der Waals surface area contributed by atoms with Crippen molar-refractivity contribution in [3.8, 4) is 5.75 Å². The molecule has 0 spiro atoms. The molecule has 0 saturated heterocycles. The zero-order valence-electron chi connectivity index (χ0n) is 10.3. The first-order valence-corrected chi connectivity index (χ1v) is 7.21. The number of anilines is 1. The smallest absolute Gasteiger partial charge is 0.254 e. The van der Waals surface area contributed by atoms with Gasteiger partial charge in [-0.05, 0) is 51.1 Å². The molecule has 0 radical (unpaired) electrons. The number of phenols is 1. The summed E-state index contributed by atoms with van der Waals surface area (Å²) in [5.74, 6) is -0.227. The Kier molecular flexibility index (Phi) is 4.11. The van der Waals surface area contributed by atoms with Crippen LogP contribution < -0.4 is 5.73 Å². The van der Waals surface area contributed by atoms with Crippen molar-refractivity contribution in [3.63, 3.8) is 0 Å². The van der Waals surface area contributed by atoms with E-state index in [4.69, 9.17) is 5.73 Å². The number of phenolic OH excluding ortho intramolecular Hbond substituents is 1. The van der Waals surface area contributed by atoms with Crippen LogP contribution >= 0.6 is 27.3 Å². The molecule has 1 heterocycles. The van der Waals surface area contributed by atoms with E-state index in [0.717, 1.165) is 9.35 Å². The number of hydrogen-bond acceptors (Lipinski definition) is 4. The Labute approximate surface area is 123 Å². The van der Waals surface area contributed by atoms with Gasteiger partial charge in [0.15, 0.2) is 0 Å². The lowest BCUT2D eigenvalue weighted by Gasteiger charge is -2.16. The van der Waals surface area contributed by atoms with Gasteiger partial charge in [0.1, 0.15) is 5.75 Å². The van der Waals surface area contributed by atoms with E-state index in [9.17, 15) is 9.90 Å². The van der Waals surface area contributed by atoms with Crippen LogP contribution in [0.25, 0.3) is 0 Å². The van der Waals surface area contributed by atoms with Gasteiger partial charge in [-0.2, -0.15) is 0 Å². The number of halogens is 1. The largest absolute Gasteiger partial charge is 0.506 e. The number of benzene rings is 1. The molecule has 0 fully saturated rings. The molecule has 19 heavy (non-hydrogen) atoms. The van der Waals surface area contributed by atoms with Crippen molar-refractivity contribution in [2.75, 3.05) is 12.8 Å². The van der Waals surface area contributed by atoms with Crippen LogP contribution in [-0.4, -0.2) is 23.0 Å². The molecular formula is C13H13BrN2O2S. The summed E-state index contributed by atoms with van der Waals surface area (Å²) in [6, 6.07) is 6.50. The SMILES string of the molecule is CN(Cc1csc(Br)c1)C(=O)c1ccc(N)c(O)c1. The molecule has 4 nitrogen and oxygen atoms in total. The first kappa shape index (κ1) is 13.9. The van der Waals surface area contributed by atoms with E-state index >= 15 is 0 Å². The monoisotopic (exact) mass is 340 g/mol. The molecule has 3 N–H and O–H groups in total. The molecule has 2 rings (SSSR count). The summed E-state index contributed by atoms with van der Waals surface area (Å²) < 4.78 is 1.04. The lowest BCUT2D eigenvalue weighted by Crippen LogP contribution is -2.25.